The van der Waals surface area contributed by atoms with E-state index in [0.717, 1.165) is 29.5 Å². The Balaban J connectivity index is 1.68. The number of aryl methyl sites for hydroxylation is 2. The van der Waals surface area contributed by atoms with Crippen LogP contribution in [0.3, 0.4) is 0 Å². The van der Waals surface area contributed by atoms with Gasteiger partial charge in [-0.15, -0.1) is 16.4 Å². The minimum absolute atomic E-state index is 0.146. The van der Waals surface area contributed by atoms with Crippen LogP contribution in [-0.2, 0) is 29.4 Å². The number of nitrogens with zero attached hydrogens (tertiary/aromatic N) is 5. The van der Waals surface area contributed by atoms with Gasteiger partial charge < -0.3 is 10.1 Å². The van der Waals surface area contributed by atoms with Gasteiger partial charge in [0, 0.05) is 11.9 Å². The predicted molar refractivity (Wildman–Crippen MR) is 120 cm³/mol. The third-order valence-corrected chi connectivity index (χ3v) is 6.95. The summed E-state index contributed by atoms with van der Waals surface area (Å²) in [5.74, 6) is -0.278. The number of rotatable bonds is 6. The van der Waals surface area contributed by atoms with E-state index >= 15 is 0 Å². The van der Waals surface area contributed by atoms with Gasteiger partial charge in [-0.1, -0.05) is 19.1 Å². The van der Waals surface area contributed by atoms with Crippen LogP contribution in [0.5, 0.6) is 0 Å². The molecule has 0 saturated heterocycles. The van der Waals surface area contributed by atoms with Crippen LogP contribution in [0.1, 0.15) is 60.5 Å². The molecule has 1 aliphatic rings. The largest absolute Gasteiger partial charge is 0.462 e. The Kier molecular flexibility index (Phi) is 6.09. The molecular weight excluding hydrogens is 432 g/mol. The first-order valence-electron chi connectivity index (χ1n) is 10.7. The fourth-order valence-electron chi connectivity index (χ4n) is 4.09. The summed E-state index contributed by atoms with van der Waals surface area (Å²) in [5.41, 5.74) is 0.885. The topological polar surface area (TPSA) is 121 Å². The van der Waals surface area contributed by atoms with Crippen molar-refractivity contribution >= 4 is 39.2 Å². The van der Waals surface area contributed by atoms with Gasteiger partial charge in [0.2, 0.25) is 0 Å². The van der Waals surface area contributed by atoms with E-state index in [9.17, 15) is 14.4 Å². The predicted octanol–water partition coefficient (Wildman–Crippen LogP) is 2.48. The zero-order valence-corrected chi connectivity index (χ0v) is 19.4. The van der Waals surface area contributed by atoms with Crippen molar-refractivity contribution in [2.24, 2.45) is 13.0 Å². The van der Waals surface area contributed by atoms with Crippen LogP contribution in [0.4, 0.5) is 5.82 Å². The molecule has 170 valence electrons. The summed E-state index contributed by atoms with van der Waals surface area (Å²) in [6.45, 7) is 5.90. The molecule has 32 heavy (non-hydrogen) atoms. The van der Waals surface area contributed by atoms with Crippen LogP contribution < -0.4 is 10.9 Å². The molecular formula is C21H26N6O4S. The Morgan fingerprint density at radius 1 is 1.38 bits per heavy atom. The number of amides is 1. The van der Waals surface area contributed by atoms with E-state index in [4.69, 9.17) is 4.74 Å². The van der Waals surface area contributed by atoms with Crippen molar-refractivity contribution in [2.45, 2.75) is 52.5 Å². The van der Waals surface area contributed by atoms with Gasteiger partial charge in [0.25, 0.3) is 11.5 Å². The summed E-state index contributed by atoms with van der Waals surface area (Å²) in [6.07, 6.45) is 4.45. The fourth-order valence-corrected chi connectivity index (χ4v) is 5.41. The van der Waals surface area contributed by atoms with Gasteiger partial charge in [0.1, 0.15) is 17.4 Å². The highest BCUT2D eigenvalue weighted by atomic mass is 32.1. The Labute approximate surface area is 188 Å². The average molecular weight is 459 g/mol. The summed E-state index contributed by atoms with van der Waals surface area (Å²) >= 11 is 1.52. The molecule has 11 heteroatoms. The molecule has 0 radical (unpaired) electrons. The second-order valence-electron chi connectivity index (χ2n) is 8.04. The van der Waals surface area contributed by atoms with Crippen molar-refractivity contribution in [1.82, 2.24) is 24.8 Å². The SMILES string of the molecule is CCOC(=O)c1cnn(C)c1NC(=O)C(CC)n1nnc2sc3c(c2c1=O)CCC(C)C3. The number of hydrogen-bond acceptors (Lipinski definition) is 8. The molecule has 2 atom stereocenters. The van der Waals surface area contributed by atoms with E-state index in [1.165, 1.54) is 27.1 Å². The highest BCUT2D eigenvalue weighted by Gasteiger charge is 2.29. The number of fused-ring (bicyclic) bond motifs is 3. The molecule has 0 spiro atoms. The van der Waals surface area contributed by atoms with Gasteiger partial charge in [-0.05, 0) is 44.1 Å². The van der Waals surface area contributed by atoms with Gasteiger partial charge in [0.05, 0.1) is 18.2 Å². The number of thiophene rings is 1. The van der Waals surface area contributed by atoms with E-state index in [1.54, 1.807) is 20.9 Å². The molecule has 3 aromatic heterocycles. The number of nitrogens with one attached hydrogen (secondary N) is 1. The van der Waals surface area contributed by atoms with Crippen molar-refractivity contribution in [3.63, 3.8) is 0 Å². The van der Waals surface area contributed by atoms with Crippen molar-refractivity contribution < 1.29 is 14.3 Å². The smallest absolute Gasteiger partial charge is 0.343 e. The number of carbonyl (C=O) groups excluding carboxylic acids is 2. The Morgan fingerprint density at radius 3 is 2.88 bits per heavy atom. The van der Waals surface area contributed by atoms with Crippen LogP contribution in [0.2, 0.25) is 0 Å². The molecule has 2 unspecified atom stereocenters. The van der Waals surface area contributed by atoms with Gasteiger partial charge in [-0.3, -0.25) is 14.3 Å². The van der Waals surface area contributed by atoms with Gasteiger partial charge in [-0.25, -0.2) is 4.79 Å². The van der Waals surface area contributed by atoms with Crippen LogP contribution in [0.15, 0.2) is 11.0 Å². The van der Waals surface area contributed by atoms with Crippen molar-refractivity contribution in [1.29, 1.82) is 0 Å². The molecule has 4 rings (SSSR count). The van der Waals surface area contributed by atoms with Crippen LogP contribution in [-0.4, -0.2) is 43.3 Å². The number of hydrogen-bond donors (Lipinski definition) is 1. The number of esters is 1. The highest BCUT2D eigenvalue weighted by molar-refractivity contribution is 7.18. The molecule has 0 aliphatic heterocycles. The first-order chi connectivity index (χ1) is 15.3. The number of carbonyl (C=O) groups is 2. The van der Waals surface area contributed by atoms with Gasteiger partial charge >= 0.3 is 5.97 Å². The van der Waals surface area contributed by atoms with Crippen molar-refractivity contribution in [2.75, 3.05) is 11.9 Å². The lowest BCUT2D eigenvalue weighted by Crippen LogP contribution is -2.36. The third-order valence-electron chi connectivity index (χ3n) is 5.81. The molecule has 0 aromatic carbocycles. The summed E-state index contributed by atoms with van der Waals surface area (Å²) < 4.78 is 7.57. The summed E-state index contributed by atoms with van der Waals surface area (Å²) in [4.78, 5) is 40.5. The highest BCUT2D eigenvalue weighted by Crippen LogP contribution is 2.35. The second kappa shape index (κ2) is 8.81. The molecule has 1 N–H and O–H groups in total. The zero-order chi connectivity index (χ0) is 23.0. The van der Waals surface area contributed by atoms with E-state index in [2.05, 4.69) is 27.7 Å². The minimum Gasteiger partial charge on any atom is -0.462 e. The van der Waals surface area contributed by atoms with Crippen LogP contribution >= 0.6 is 11.3 Å². The number of anilines is 1. The van der Waals surface area contributed by atoms with E-state index < -0.39 is 17.9 Å². The summed E-state index contributed by atoms with van der Waals surface area (Å²) in [7, 11) is 1.61. The lowest BCUT2D eigenvalue weighted by molar-refractivity contribution is -0.119. The van der Waals surface area contributed by atoms with E-state index in [-0.39, 0.29) is 23.5 Å². The standard InChI is InChI=1S/C21H26N6O4S/c1-5-14(18(28)23-17-13(10-22-26(17)4)21(30)31-6-2)27-20(29)16-12-8-7-11(3)9-15(12)32-19(16)24-25-27/h10-11,14H,5-9H2,1-4H3,(H,23,28). The maximum atomic E-state index is 13.4. The maximum Gasteiger partial charge on any atom is 0.343 e. The van der Waals surface area contributed by atoms with E-state index in [0.29, 0.717) is 22.6 Å². The zero-order valence-electron chi connectivity index (χ0n) is 18.5. The average Bonchev–Trinajstić information content (AvgIpc) is 3.30. The molecule has 0 saturated carbocycles. The Morgan fingerprint density at radius 2 is 2.16 bits per heavy atom. The minimum atomic E-state index is -0.887. The van der Waals surface area contributed by atoms with Crippen molar-refractivity contribution in [3.8, 4) is 0 Å². The molecule has 1 amide bonds. The number of aromatic nitrogens is 5. The molecule has 1 aliphatic carbocycles. The second-order valence-corrected chi connectivity index (χ2v) is 9.12. The lowest BCUT2D eigenvalue weighted by atomic mass is 9.89. The lowest BCUT2D eigenvalue weighted by Gasteiger charge is -2.18. The Hall–Kier alpha value is -3.08. The molecule has 0 bridgehead atoms. The first-order valence-corrected chi connectivity index (χ1v) is 11.6. The number of ether oxygens (including phenoxy) is 1. The van der Waals surface area contributed by atoms with Crippen molar-refractivity contribution in [3.05, 3.63) is 32.6 Å². The molecule has 3 aromatic rings. The third kappa shape index (κ3) is 3.81. The van der Waals surface area contributed by atoms with Gasteiger partial charge in [0.15, 0.2) is 4.83 Å². The fraction of sp³-hybridized carbons (Fsp3) is 0.524. The van der Waals surface area contributed by atoms with E-state index in [1.807, 2.05) is 0 Å². The maximum absolute atomic E-state index is 13.4. The molecule has 10 nitrogen and oxygen atoms in total. The monoisotopic (exact) mass is 458 g/mol. The molecule has 0 fully saturated rings. The summed E-state index contributed by atoms with van der Waals surface area (Å²) in [5, 5.41) is 15.7. The van der Waals surface area contributed by atoms with Crippen LogP contribution in [0, 0.1) is 5.92 Å². The first kappa shape index (κ1) is 22.1. The van der Waals surface area contributed by atoms with Crippen LogP contribution in [0.25, 0.3) is 10.2 Å². The quantitative estimate of drug-likeness (QED) is 0.563. The molecule has 3 heterocycles. The normalized spacial score (nSPS) is 16.6. The van der Waals surface area contributed by atoms with Gasteiger partial charge in [-0.2, -0.15) is 9.78 Å². The summed E-state index contributed by atoms with van der Waals surface area (Å²) in [6, 6.07) is -0.887. The Bertz CT molecular complexity index is 1240.